The number of nitrogens with zero attached hydrogens (tertiary/aromatic N) is 1. The summed E-state index contributed by atoms with van der Waals surface area (Å²) in [6, 6.07) is 1.26. The number of aromatic nitrogens is 1. The van der Waals surface area contributed by atoms with Crippen LogP contribution in [0.25, 0.3) is 0 Å². The highest BCUT2D eigenvalue weighted by atomic mass is 35.5. The highest BCUT2D eigenvalue weighted by Gasteiger charge is 2.27. The molecule has 1 atom stereocenters. The monoisotopic (exact) mass is 328 g/mol. The standard InChI is InChI=1S/C14H17ClN2O3S/c1-9-3-4-11(5-10(9)2)14(18)17-21(19,20)13-6-12(15)7-16-8-13/h6-8,11H,3-5H2,1-2H3,(H,17,18). The van der Waals surface area contributed by atoms with E-state index in [9.17, 15) is 13.2 Å². The van der Waals surface area contributed by atoms with Gasteiger partial charge in [-0.1, -0.05) is 22.7 Å². The molecule has 21 heavy (non-hydrogen) atoms. The molecule has 1 aliphatic rings. The normalized spacial score (nSPS) is 19.5. The first-order chi connectivity index (χ1) is 9.79. The van der Waals surface area contributed by atoms with Crippen molar-refractivity contribution in [1.29, 1.82) is 0 Å². The second kappa shape index (κ2) is 6.15. The van der Waals surface area contributed by atoms with Crippen molar-refractivity contribution in [2.45, 2.75) is 38.0 Å². The van der Waals surface area contributed by atoms with E-state index < -0.39 is 15.9 Å². The van der Waals surface area contributed by atoms with Crippen LogP contribution < -0.4 is 4.72 Å². The Morgan fingerprint density at radius 3 is 2.67 bits per heavy atom. The molecular formula is C14H17ClN2O3S. The summed E-state index contributed by atoms with van der Waals surface area (Å²) in [7, 11) is -3.92. The van der Waals surface area contributed by atoms with Crippen LogP contribution in [0.1, 0.15) is 33.1 Å². The lowest BCUT2D eigenvalue weighted by molar-refractivity contribution is -0.123. The van der Waals surface area contributed by atoms with Gasteiger partial charge in [-0.2, -0.15) is 0 Å². The molecule has 1 aliphatic carbocycles. The number of pyridine rings is 1. The van der Waals surface area contributed by atoms with Gasteiger partial charge in [0.1, 0.15) is 4.90 Å². The van der Waals surface area contributed by atoms with E-state index in [4.69, 9.17) is 11.6 Å². The Hall–Kier alpha value is -1.40. The number of amides is 1. The van der Waals surface area contributed by atoms with Gasteiger partial charge in [0.05, 0.1) is 5.02 Å². The molecule has 5 nitrogen and oxygen atoms in total. The number of hydrogen-bond donors (Lipinski definition) is 1. The number of hydrogen-bond acceptors (Lipinski definition) is 4. The molecule has 1 aromatic rings. The maximum Gasteiger partial charge on any atom is 0.265 e. The van der Waals surface area contributed by atoms with E-state index in [0.717, 1.165) is 18.2 Å². The van der Waals surface area contributed by atoms with E-state index in [-0.39, 0.29) is 15.8 Å². The molecule has 0 aliphatic heterocycles. The van der Waals surface area contributed by atoms with Gasteiger partial charge in [0.2, 0.25) is 5.91 Å². The Morgan fingerprint density at radius 2 is 2.05 bits per heavy atom. The number of allylic oxidation sites excluding steroid dienone is 2. The molecule has 0 bridgehead atoms. The van der Waals surface area contributed by atoms with Gasteiger partial charge in [-0.05, 0) is 39.2 Å². The Balaban J connectivity index is 2.13. The molecule has 1 amide bonds. The van der Waals surface area contributed by atoms with Crippen molar-refractivity contribution in [3.8, 4) is 0 Å². The Morgan fingerprint density at radius 1 is 1.33 bits per heavy atom. The summed E-state index contributed by atoms with van der Waals surface area (Å²) in [4.78, 5) is 15.8. The Bertz CT molecular complexity index is 698. The van der Waals surface area contributed by atoms with Gasteiger partial charge in [-0.25, -0.2) is 13.1 Å². The zero-order valence-electron chi connectivity index (χ0n) is 11.9. The molecule has 1 aromatic heterocycles. The van der Waals surface area contributed by atoms with Crippen LogP contribution in [-0.4, -0.2) is 19.3 Å². The average Bonchev–Trinajstić information content (AvgIpc) is 2.41. The van der Waals surface area contributed by atoms with Gasteiger partial charge in [-0.15, -0.1) is 0 Å². The largest absolute Gasteiger partial charge is 0.274 e. The maximum atomic E-state index is 12.2. The highest BCUT2D eigenvalue weighted by molar-refractivity contribution is 7.90. The van der Waals surface area contributed by atoms with Crippen LogP contribution in [0.5, 0.6) is 0 Å². The Labute approximate surface area is 129 Å². The van der Waals surface area contributed by atoms with Crippen molar-refractivity contribution in [1.82, 2.24) is 9.71 Å². The van der Waals surface area contributed by atoms with Crippen LogP contribution in [0, 0.1) is 5.92 Å². The topological polar surface area (TPSA) is 76.1 Å². The summed E-state index contributed by atoms with van der Waals surface area (Å²) >= 11 is 5.73. The first-order valence-electron chi connectivity index (χ1n) is 6.62. The van der Waals surface area contributed by atoms with Crippen molar-refractivity contribution in [2.75, 3.05) is 0 Å². The molecule has 0 fully saturated rings. The summed E-state index contributed by atoms with van der Waals surface area (Å²) < 4.78 is 26.4. The lowest BCUT2D eigenvalue weighted by Crippen LogP contribution is -2.36. The smallest absolute Gasteiger partial charge is 0.265 e. The van der Waals surface area contributed by atoms with Crippen LogP contribution in [-0.2, 0) is 14.8 Å². The number of sulfonamides is 1. The van der Waals surface area contributed by atoms with E-state index in [1.165, 1.54) is 17.8 Å². The van der Waals surface area contributed by atoms with E-state index in [1.54, 1.807) is 0 Å². The molecule has 0 saturated heterocycles. The molecule has 0 spiro atoms. The van der Waals surface area contributed by atoms with E-state index >= 15 is 0 Å². The third kappa shape index (κ3) is 3.83. The third-order valence-electron chi connectivity index (χ3n) is 3.74. The first kappa shape index (κ1) is 16.0. The summed E-state index contributed by atoms with van der Waals surface area (Å²) in [5, 5.41) is 0.206. The fourth-order valence-electron chi connectivity index (χ4n) is 2.29. The summed E-state index contributed by atoms with van der Waals surface area (Å²) in [6.45, 7) is 4.02. The van der Waals surface area contributed by atoms with Gasteiger partial charge < -0.3 is 0 Å². The van der Waals surface area contributed by atoms with Gasteiger partial charge in [0, 0.05) is 18.3 Å². The number of halogens is 1. The molecule has 114 valence electrons. The Kier molecular flexibility index (Phi) is 4.68. The molecule has 1 N–H and O–H groups in total. The molecule has 7 heteroatoms. The van der Waals surface area contributed by atoms with Crippen LogP contribution in [0.15, 0.2) is 34.5 Å². The summed E-state index contributed by atoms with van der Waals surface area (Å²) in [6.07, 6.45) is 4.58. The SMILES string of the molecule is CC1=C(C)CC(C(=O)NS(=O)(=O)c2cncc(Cl)c2)CC1. The predicted octanol–water partition coefficient (Wildman–Crippen LogP) is 2.68. The minimum absolute atomic E-state index is 0.109. The van der Waals surface area contributed by atoms with Crippen molar-refractivity contribution in [2.24, 2.45) is 5.92 Å². The van der Waals surface area contributed by atoms with E-state index in [2.05, 4.69) is 9.71 Å². The molecule has 0 radical (unpaired) electrons. The van der Waals surface area contributed by atoms with Crippen LogP contribution in [0.4, 0.5) is 0 Å². The maximum absolute atomic E-state index is 12.2. The second-order valence-corrected chi connectivity index (χ2v) is 7.43. The van der Waals surface area contributed by atoms with Crippen molar-refractivity contribution < 1.29 is 13.2 Å². The predicted molar refractivity (Wildman–Crippen MR) is 80.3 cm³/mol. The fourth-order valence-corrected chi connectivity index (χ4v) is 3.56. The summed E-state index contributed by atoms with van der Waals surface area (Å²) in [5.74, 6) is -0.780. The van der Waals surface area contributed by atoms with Crippen LogP contribution >= 0.6 is 11.6 Å². The van der Waals surface area contributed by atoms with Crippen molar-refractivity contribution in [3.05, 3.63) is 34.6 Å². The fraction of sp³-hybridized carbons (Fsp3) is 0.429. The molecule has 0 aromatic carbocycles. The van der Waals surface area contributed by atoms with Crippen LogP contribution in [0.2, 0.25) is 5.02 Å². The van der Waals surface area contributed by atoms with E-state index in [1.807, 2.05) is 13.8 Å². The lowest BCUT2D eigenvalue weighted by Gasteiger charge is -2.23. The van der Waals surface area contributed by atoms with E-state index in [0.29, 0.717) is 12.8 Å². The van der Waals surface area contributed by atoms with Crippen molar-refractivity contribution in [3.63, 3.8) is 0 Å². The van der Waals surface area contributed by atoms with Gasteiger partial charge >= 0.3 is 0 Å². The highest BCUT2D eigenvalue weighted by Crippen LogP contribution is 2.29. The molecule has 1 unspecified atom stereocenters. The lowest BCUT2D eigenvalue weighted by atomic mass is 9.85. The van der Waals surface area contributed by atoms with Gasteiger partial charge in [-0.3, -0.25) is 9.78 Å². The van der Waals surface area contributed by atoms with Crippen molar-refractivity contribution >= 4 is 27.5 Å². The van der Waals surface area contributed by atoms with Crippen LogP contribution in [0.3, 0.4) is 0 Å². The average molecular weight is 329 g/mol. The third-order valence-corrected chi connectivity index (χ3v) is 5.27. The number of nitrogens with one attached hydrogen (secondary N) is 1. The first-order valence-corrected chi connectivity index (χ1v) is 8.48. The zero-order chi connectivity index (χ0) is 15.6. The van der Waals surface area contributed by atoms with Gasteiger partial charge in [0.25, 0.3) is 10.0 Å². The molecule has 0 saturated carbocycles. The minimum Gasteiger partial charge on any atom is -0.274 e. The quantitative estimate of drug-likeness (QED) is 0.865. The molecule has 1 heterocycles. The number of carbonyl (C=O) groups excluding carboxylic acids is 1. The second-order valence-electron chi connectivity index (χ2n) is 5.31. The summed E-state index contributed by atoms with van der Waals surface area (Å²) in [5.41, 5.74) is 2.43. The number of carbonyl (C=O) groups is 1. The molecule has 2 rings (SSSR count). The minimum atomic E-state index is -3.92. The van der Waals surface area contributed by atoms with Gasteiger partial charge in [0.15, 0.2) is 0 Å². The molecular weight excluding hydrogens is 312 g/mol. The number of rotatable bonds is 3. The zero-order valence-corrected chi connectivity index (χ0v) is 13.5.